The van der Waals surface area contributed by atoms with Crippen LogP contribution in [0.2, 0.25) is 0 Å². The molecule has 1 fully saturated rings. The Kier molecular flexibility index (Phi) is 6.83. The number of benzene rings is 1. The second-order valence-corrected chi connectivity index (χ2v) is 5.27. The first-order chi connectivity index (χ1) is 10.3. The van der Waals surface area contributed by atoms with Crippen LogP contribution in [0.4, 0.5) is 0 Å². The molecule has 1 saturated carbocycles. The molecule has 0 aromatic heterocycles. The molecule has 1 aliphatic rings. The molecule has 0 amide bonds. The van der Waals surface area contributed by atoms with Crippen molar-refractivity contribution in [1.29, 1.82) is 0 Å². The zero-order chi connectivity index (χ0) is 14.9. The lowest BCUT2D eigenvalue weighted by molar-refractivity contribution is 0.130. The van der Waals surface area contributed by atoms with Crippen LogP contribution < -0.4 is 14.8 Å². The van der Waals surface area contributed by atoms with E-state index in [1.165, 1.54) is 18.4 Å². The van der Waals surface area contributed by atoms with Crippen molar-refractivity contribution >= 4 is 0 Å². The Morgan fingerprint density at radius 3 is 2.62 bits per heavy atom. The van der Waals surface area contributed by atoms with Crippen molar-refractivity contribution in [2.24, 2.45) is 0 Å². The van der Waals surface area contributed by atoms with Crippen molar-refractivity contribution < 1.29 is 14.2 Å². The highest BCUT2D eigenvalue weighted by atomic mass is 16.5. The van der Waals surface area contributed by atoms with Crippen molar-refractivity contribution in [2.45, 2.75) is 45.7 Å². The van der Waals surface area contributed by atoms with Gasteiger partial charge in [-0.05, 0) is 44.4 Å². The molecule has 0 heterocycles. The molecule has 2 rings (SSSR count). The van der Waals surface area contributed by atoms with E-state index in [2.05, 4.69) is 17.4 Å². The molecule has 0 radical (unpaired) electrons. The number of ether oxygens (including phenoxy) is 3. The van der Waals surface area contributed by atoms with Crippen molar-refractivity contribution in [3.05, 3.63) is 23.8 Å². The normalized spacial score (nSPS) is 14.2. The maximum Gasteiger partial charge on any atom is 0.161 e. The van der Waals surface area contributed by atoms with Gasteiger partial charge in [0.2, 0.25) is 0 Å². The maximum atomic E-state index is 5.80. The summed E-state index contributed by atoms with van der Waals surface area (Å²) in [6, 6.07) is 6.91. The predicted octanol–water partition coefficient (Wildman–Crippen LogP) is 3.14. The van der Waals surface area contributed by atoms with Crippen molar-refractivity contribution in [2.75, 3.05) is 26.4 Å². The molecule has 0 aliphatic heterocycles. The maximum absolute atomic E-state index is 5.80. The molecule has 0 atom stereocenters. The van der Waals surface area contributed by atoms with E-state index in [-0.39, 0.29) is 0 Å². The second-order valence-electron chi connectivity index (χ2n) is 5.27. The summed E-state index contributed by atoms with van der Waals surface area (Å²) in [5, 5.41) is 3.52. The molecular formula is C17H27NO3. The molecular weight excluding hydrogens is 266 g/mol. The highest BCUT2D eigenvalue weighted by Crippen LogP contribution is 2.29. The van der Waals surface area contributed by atoms with Gasteiger partial charge in [0, 0.05) is 32.2 Å². The molecule has 4 heteroatoms. The predicted molar refractivity (Wildman–Crippen MR) is 84.1 cm³/mol. The number of hydrogen-bond donors (Lipinski definition) is 1. The van der Waals surface area contributed by atoms with E-state index in [9.17, 15) is 0 Å². The summed E-state index contributed by atoms with van der Waals surface area (Å²) in [6.45, 7) is 7.69. The monoisotopic (exact) mass is 293 g/mol. The second kappa shape index (κ2) is 8.90. The van der Waals surface area contributed by atoms with Gasteiger partial charge in [0.25, 0.3) is 0 Å². The van der Waals surface area contributed by atoms with Gasteiger partial charge in [-0.2, -0.15) is 0 Å². The van der Waals surface area contributed by atoms with Crippen molar-refractivity contribution in [3.8, 4) is 11.5 Å². The summed E-state index contributed by atoms with van der Waals surface area (Å²) >= 11 is 0. The van der Waals surface area contributed by atoms with Crippen LogP contribution in [0.25, 0.3) is 0 Å². The Morgan fingerprint density at radius 1 is 1.05 bits per heavy atom. The van der Waals surface area contributed by atoms with E-state index in [1.807, 2.05) is 19.9 Å². The van der Waals surface area contributed by atoms with E-state index in [1.54, 1.807) is 0 Å². The summed E-state index contributed by atoms with van der Waals surface area (Å²) < 4.78 is 16.8. The molecule has 21 heavy (non-hydrogen) atoms. The highest BCUT2D eigenvalue weighted by molar-refractivity contribution is 5.43. The minimum absolute atomic E-state index is 0.648. The molecule has 0 unspecified atom stereocenters. The summed E-state index contributed by atoms with van der Waals surface area (Å²) in [5.74, 6) is 1.66. The van der Waals surface area contributed by atoms with Gasteiger partial charge in [0.15, 0.2) is 11.5 Å². The fourth-order valence-electron chi connectivity index (χ4n) is 2.09. The lowest BCUT2D eigenvalue weighted by Gasteiger charge is -2.13. The minimum atomic E-state index is 0.648. The summed E-state index contributed by atoms with van der Waals surface area (Å²) in [6.07, 6.45) is 3.50. The fraction of sp³-hybridized carbons (Fsp3) is 0.647. The summed E-state index contributed by atoms with van der Waals surface area (Å²) in [7, 11) is 0. The molecule has 1 N–H and O–H groups in total. The van der Waals surface area contributed by atoms with Crippen molar-refractivity contribution in [3.63, 3.8) is 0 Å². The quantitative estimate of drug-likeness (QED) is 0.636. The van der Waals surface area contributed by atoms with Crippen LogP contribution in [0.15, 0.2) is 18.2 Å². The Bertz CT molecular complexity index is 418. The van der Waals surface area contributed by atoms with Crippen LogP contribution >= 0.6 is 0 Å². The zero-order valence-electron chi connectivity index (χ0n) is 13.2. The Balaban J connectivity index is 1.85. The summed E-state index contributed by atoms with van der Waals surface area (Å²) in [5.41, 5.74) is 1.24. The SMILES string of the molecule is CCOCCCOc1ccc(CNC2CC2)cc1OCC. The third kappa shape index (κ3) is 5.94. The molecule has 4 nitrogen and oxygen atoms in total. The molecule has 0 bridgehead atoms. The Hall–Kier alpha value is -1.26. The fourth-order valence-corrected chi connectivity index (χ4v) is 2.09. The van der Waals surface area contributed by atoms with Gasteiger partial charge in [-0.1, -0.05) is 6.07 Å². The Labute approximate surface area is 127 Å². The van der Waals surface area contributed by atoms with Gasteiger partial charge in [0.1, 0.15) is 0 Å². The standard InChI is InChI=1S/C17H27NO3/c1-3-19-10-5-11-21-16-9-6-14(12-17(16)20-4-2)13-18-15-7-8-15/h6,9,12,15,18H,3-5,7-8,10-11,13H2,1-2H3. The molecule has 0 spiro atoms. The third-order valence-electron chi connectivity index (χ3n) is 3.37. The van der Waals surface area contributed by atoms with E-state index < -0.39 is 0 Å². The van der Waals surface area contributed by atoms with Gasteiger partial charge in [-0.15, -0.1) is 0 Å². The largest absolute Gasteiger partial charge is 0.490 e. The number of hydrogen-bond acceptors (Lipinski definition) is 4. The first kappa shape index (κ1) is 16.1. The van der Waals surface area contributed by atoms with Crippen LogP contribution in [0.3, 0.4) is 0 Å². The molecule has 1 aromatic rings. The van der Waals surface area contributed by atoms with E-state index in [4.69, 9.17) is 14.2 Å². The van der Waals surface area contributed by atoms with Crippen molar-refractivity contribution in [1.82, 2.24) is 5.32 Å². The van der Waals surface area contributed by atoms with Gasteiger partial charge in [-0.3, -0.25) is 0 Å². The average molecular weight is 293 g/mol. The third-order valence-corrected chi connectivity index (χ3v) is 3.37. The summed E-state index contributed by atoms with van der Waals surface area (Å²) in [4.78, 5) is 0. The van der Waals surface area contributed by atoms with Crippen LogP contribution in [-0.4, -0.2) is 32.5 Å². The van der Waals surface area contributed by atoms with Gasteiger partial charge in [-0.25, -0.2) is 0 Å². The minimum Gasteiger partial charge on any atom is -0.490 e. The average Bonchev–Trinajstić information content (AvgIpc) is 3.31. The van der Waals surface area contributed by atoms with Crippen LogP contribution in [0, 0.1) is 0 Å². The first-order valence-electron chi connectivity index (χ1n) is 8.03. The Morgan fingerprint density at radius 2 is 1.90 bits per heavy atom. The molecule has 118 valence electrons. The van der Waals surface area contributed by atoms with Gasteiger partial charge < -0.3 is 19.5 Å². The van der Waals surface area contributed by atoms with Crippen LogP contribution in [0.5, 0.6) is 11.5 Å². The number of rotatable bonds is 11. The van der Waals surface area contributed by atoms with E-state index in [0.29, 0.717) is 13.2 Å². The number of nitrogens with one attached hydrogen (secondary N) is 1. The molecule has 1 aromatic carbocycles. The van der Waals surface area contributed by atoms with Crippen LogP contribution in [-0.2, 0) is 11.3 Å². The zero-order valence-corrected chi connectivity index (χ0v) is 13.2. The topological polar surface area (TPSA) is 39.7 Å². The molecule has 1 aliphatic carbocycles. The first-order valence-corrected chi connectivity index (χ1v) is 8.03. The lowest BCUT2D eigenvalue weighted by Crippen LogP contribution is -2.15. The van der Waals surface area contributed by atoms with Gasteiger partial charge >= 0.3 is 0 Å². The smallest absolute Gasteiger partial charge is 0.161 e. The van der Waals surface area contributed by atoms with Crippen LogP contribution in [0.1, 0.15) is 38.7 Å². The highest BCUT2D eigenvalue weighted by Gasteiger charge is 2.20. The van der Waals surface area contributed by atoms with E-state index >= 15 is 0 Å². The van der Waals surface area contributed by atoms with Gasteiger partial charge in [0.05, 0.1) is 13.2 Å². The molecule has 0 saturated heterocycles. The van der Waals surface area contributed by atoms with E-state index in [0.717, 1.165) is 43.7 Å². The lowest BCUT2D eigenvalue weighted by atomic mass is 10.2.